The van der Waals surface area contributed by atoms with Crippen LogP contribution < -0.4 is 0 Å². The van der Waals surface area contributed by atoms with Gasteiger partial charge < -0.3 is 30.6 Å². The molecule has 0 aromatic rings. The summed E-state index contributed by atoms with van der Waals surface area (Å²) >= 11 is 0. The summed E-state index contributed by atoms with van der Waals surface area (Å²) in [7, 11) is 0. The number of rotatable bonds is 3. The minimum Gasteiger partial charge on any atom is -0.481 e. The van der Waals surface area contributed by atoms with Crippen molar-refractivity contribution >= 4 is 23.9 Å². The molecule has 0 aliphatic carbocycles. The first-order valence-electron chi connectivity index (χ1n) is 4.14. The van der Waals surface area contributed by atoms with Crippen molar-refractivity contribution in [3.63, 3.8) is 0 Å². The summed E-state index contributed by atoms with van der Waals surface area (Å²) in [4.78, 5) is 37.5. The van der Waals surface area contributed by atoms with Crippen LogP contribution in [0.5, 0.6) is 0 Å². The molecule has 2 unspecified atom stereocenters. The topological polar surface area (TPSA) is 190 Å². The number of hydrogen-bond donors (Lipinski definition) is 6. The lowest BCUT2D eigenvalue weighted by Crippen LogP contribution is -2.39. The summed E-state index contributed by atoms with van der Waals surface area (Å²) in [6.45, 7) is 2.17. The molecule has 0 heterocycles. The van der Waals surface area contributed by atoms with Crippen LogP contribution in [-0.2, 0) is 19.2 Å². The fraction of sp³-hybridized carbons (Fsp3) is 0.500. The molecule has 6 N–H and O–H groups in total. The van der Waals surface area contributed by atoms with Crippen LogP contribution in [0.2, 0.25) is 0 Å². The normalized spacial score (nSPS) is 11.6. The Balaban J connectivity index is -0.000000233. The lowest BCUT2D eigenvalue weighted by Gasteiger charge is -2.07. The van der Waals surface area contributed by atoms with Crippen LogP contribution in [-0.4, -0.2) is 66.7 Å². The second kappa shape index (κ2) is 11.3. The standard InChI is InChI=1S/C4H6O6.2C2H4O2/c5-1(3(7)8)2(6)4(9)10;2*1-2(3)4/h1-2,5-6H,(H,7,8)(H,9,10);2*1H3,(H,3,4). The van der Waals surface area contributed by atoms with Crippen molar-refractivity contribution in [2.75, 3.05) is 0 Å². The van der Waals surface area contributed by atoms with Gasteiger partial charge in [0.1, 0.15) is 0 Å². The summed E-state index contributed by atoms with van der Waals surface area (Å²) in [6.07, 6.45) is -4.53. The van der Waals surface area contributed by atoms with Crippen LogP contribution in [0, 0.1) is 0 Å². The molecule has 18 heavy (non-hydrogen) atoms. The predicted molar refractivity (Wildman–Crippen MR) is 53.9 cm³/mol. The molecule has 0 aromatic carbocycles. The predicted octanol–water partition coefficient (Wildman–Crippen LogP) is -1.94. The van der Waals surface area contributed by atoms with Gasteiger partial charge in [-0.15, -0.1) is 0 Å². The molecular formula is C8H14O10. The van der Waals surface area contributed by atoms with Gasteiger partial charge in [0.2, 0.25) is 0 Å². The van der Waals surface area contributed by atoms with Crippen molar-refractivity contribution in [2.45, 2.75) is 26.1 Å². The fourth-order valence-corrected chi connectivity index (χ4v) is 0.270. The first-order chi connectivity index (χ1) is 7.93. The molecule has 0 amide bonds. The van der Waals surface area contributed by atoms with Gasteiger partial charge in [0.25, 0.3) is 11.9 Å². The van der Waals surface area contributed by atoms with Crippen LogP contribution in [0.3, 0.4) is 0 Å². The molecule has 0 rings (SSSR count). The molecule has 0 aliphatic rings. The van der Waals surface area contributed by atoms with Crippen molar-refractivity contribution in [3.05, 3.63) is 0 Å². The number of aliphatic hydroxyl groups is 2. The number of carbonyl (C=O) groups is 4. The van der Waals surface area contributed by atoms with E-state index in [-0.39, 0.29) is 0 Å². The van der Waals surface area contributed by atoms with Crippen molar-refractivity contribution in [2.24, 2.45) is 0 Å². The highest BCUT2D eigenvalue weighted by Gasteiger charge is 2.29. The number of hydrogen-bond acceptors (Lipinski definition) is 6. The molecule has 10 nitrogen and oxygen atoms in total. The zero-order valence-corrected chi connectivity index (χ0v) is 9.47. The van der Waals surface area contributed by atoms with Crippen molar-refractivity contribution in [1.29, 1.82) is 0 Å². The van der Waals surface area contributed by atoms with Crippen LogP contribution in [0.15, 0.2) is 0 Å². The third kappa shape index (κ3) is 23.5. The van der Waals surface area contributed by atoms with E-state index < -0.39 is 36.1 Å². The molecule has 106 valence electrons. The minimum absolute atomic E-state index is 0.833. The summed E-state index contributed by atoms with van der Waals surface area (Å²) in [5.41, 5.74) is 0. The number of aliphatic carboxylic acids is 4. The maximum absolute atomic E-state index is 9.77. The lowest BCUT2D eigenvalue weighted by molar-refractivity contribution is -0.165. The second-order valence-corrected chi connectivity index (χ2v) is 2.60. The van der Waals surface area contributed by atoms with Crippen molar-refractivity contribution in [3.8, 4) is 0 Å². The van der Waals surface area contributed by atoms with E-state index in [1.54, 1.807) is 0 Å². The second-order valence-electron chi connectivity index (χ2n) is 2.60. The Morgan fingerprint density at radius 2 is 0.778 bits per heavy atom. The molecule has 0 fully saturated rings. The van der Waals surface area contributed by atoms with Crippen LogP contribution in [0.1, 0.15) is 13.8 Å². The zero-order chi connectivity index (χ0) is 15.5. The number of aliphatic hydroxyl groups excluding tert-OH is 2. The molecule has 0 aromatic heterocycles. The number of carboxylic acids is 4. The largest absolute Gasteiger partial charge is 0.481 e. The van der Waals surface area contributed by atoms with E-state index in [1.807, 2.05) is 0 Å². The molecule has 2 atom stereocenters. The number of carboxylic acid groups (broad SMARTS) is 4. The molecular weight excluding hydrogens is 256 g/mol. The molecule has 0 aliphatic heterocycles. The molecule has 0 saturated carbocycles. The van der Waals surface area contributed by atoms with E-state index in [0.717, 1.165) is 13.8 Å². The summed E-state index contributed by atoms with van der Waals surface area (Å²) < 4.78 is 0. The molecule has 0 bridgehead atoms. The zero-order valence-electron chi connectivity index (χ0n) is 9.47. The summed E-state index contributed by atoms with van der Waals surface area (Å²) in [5.74, 6) is -5.20. The highest BCUT2D eigenvalue weighted by atomic mass is 16.4. The Bertz CT molecular complexity index is 258. The smallest absolute Gasteiger partial charge is 0.335 e. The van der Waals surface area contributed by atoms with Gasteiger partial charge in [0, 0.05) is 13.8 Å². The third-order valence-corrected chi connectivity index (χ3v) is 0.805. The lowest BCUT2D eigenvalue weighted by atomic mass is 10.2. The Labute approximate surface area is 101 Å². The van der Waals surface area contributed by atoms with Gasteiger partial charge in [-0.3, -0.25) is 9.59 Å². The van der Waals surface area contributed by atoms with Crippen molar-refractivity contribution < 1.29 is 49.8 Å². The van der Waals surface area contributed by atoms with Gasteiger partial charge in [-0.25, -0.2) is 9.59 Å². The van der Waals surface area contributed by atoms with Crippen LogP contribution >= 0.6 is 0 Å². The van der Waals surface area contributed by atoms with E-state index in [4.69, 9.17) is 40.2 Å². The average molecular weight is 270 g/mol. The summed E-state index contributed by atoms with van der Waals surface area (Å²) in [5, 5.41) is 47.4. The third-order valence-electron chi connectivity index (χ3n) is 0.805. The quantitative estimate of drug-likeness (QED) is 0.336. The maximum atomic E-state index is 9.77. The van der Waals surface area contributed by atoms with Gasteiger partial charge in [0.15, 0.2) is 12.2 Å². The van der Waals surface area contributed by atoms with Gasteiger partial charge in [-0.1, -0.05) is 0 Å². The first-order valence-corrected chi connectivity index (χ1v) is 4.14. The fourth-order valence-electron chi connectivity index (χ4n) is 0.270. The molecule has 0 spiro atoms. The Kier molecular flexibility index (Phi) is 13.2. The van der Waals surface area contributed by atoms with E-state index in [1.165, 1.54) is 0 Å². The Morgan fingerprint density at radius 1 is 0.667 bits per heavy atom. The molecule has 10 heteroatoms. The van der Waals surface area contributed by atoms with Crippen LogP contribution in [0.25, 0.3) is 0 Å². The molecule has 0 saturated heterocycles. The van der Waals surface area contributed by atoms with Gasteiger partial charge in [0.05, 0.1) is 0 Å². The van der Waals surface area contributed by atoms with E-state index in [0.29, 0.717) is 0 Å². The highest BCUT2D eigenvalue weighted by molar-refractivity contribution is 5.83. The SMILES string of the molecule is CC(=O)O.CC(=O)O.O=C(O)C(O)C(O)C(=O)O. The van der Waals surface area contributed by atoms with E-state index in [2.05, 4.69) is 0 Å². The minimum atomic E-state index is -2.27. The van der Waals surface area contributed by atoms with E-state index >= 15 is 0 Å². The highest BCUT2D eigenvalue weighted by Crippen LogP contribution is 1.92. The van der Waals surface area contributed by atoms with Gasteiger partial charge >= 0.3 is 11.9 Å². The average Bonchev–Trinajstić information content (AvgIpc) is 2.13. The van der Waals surface area contributed by atoms with Crippen LogP contribution in [0.4, 0.5) is 0 Å². The molecule has 0 radical (unpaired) electrons. The van der Waals surface area contributed by atoms with Gasteiger partial charge in [-0.2, -0.15) is 0 Å². The van der Waals surface area contributed by atoms with Crippen molar-refractivity contribution in [1.82, 2.24) is 0 Å². The van der Waals surface area contributed by atoms with E-state index in [9.17, 15) is 9.59 Å². The first kappa shape index (κ1) is 21.1. The Morgan fingerprint density at radius 3 is 0.833 bits per heavy atom. The maximum Gasteiger partial charge on any atom is 0.335 e. The monoisotopic (exact) mass is 270 g/mol. The van der Waals surface area contributed by atoms with Gasteiger partial charge in [-0.05, 0) is 0 Å². The summed E-state index contributed by atoms with van der Waals surface area (Å²) in [6, 6.07) is 0. The Hall–Kier alpha value is -2.20.